The van der Waals surface area contributed by atoms with Crippen LogP contribution in [0.1, 0.15) is 47.0 Å². The highest BCUT2D eigenvalue weighted by atomic mass is 32.2. The Hall–Kier alpha value is -0.690. The number of rotatable bonds is 8. The van der Waals surface area contributed by atoms with E-state index in [4.69, 9.17) is 5.26 Å². The molecule has 0 aromatic carbocycles. The van der Waals surface area contributed by atoms with E-state index in [9.17, 15) is 4.79 Å². The van der Waals surface area contributed by atoms with Crippen molar-refractivity contribution in [2.24, 2.45) is 5.41 Å². The number of hydrogen-bond acceptors (Lipinski definition) is 3. The van der Waals surface area contributed by atoms with E-state index in [-0.39, 0.29) is 17.4 Å². The SMILES string of the molecule is CC(C)NC(=O)CSCCCCC(C)(C)C#N. The third-order valence-electron chi connectivity index (χ3n) is 2.33. The number of amides is 1. The van der Waals surface area contributed by atoms with E-state index in [1.165, 1.54) is 0 Å². The molecule has 0 fully saturated rings. The Morgan fingerprint density at radius 1 is 1.41 bits per heavy atom. The van der Waals surface area contributed by atoms with Crippen molar-refractivity contribution in [3.63, 3.8) is 0 Å². The molecule has 0 spiro atoms. The number of hydrogen-bond donors (Lipinski definition) is 1. The van der Waals surface area contributed by atoms with Crippen molar-refractivity contribution in [1.29, 1.82) is 5.26 Å². The summed E-state index contributed by atoms with van der Waals surface area (Å²) >= 11 is 1.67. The fourth-order valence-corrected chi connectivity index (χ4v) is 2.18. The van der Waals surface area contributed by atoms with Gasteiger partial charge in [0.1, 0.15) is 0 Å². The molecule has 0 bridgehead atoms. The molecule has 1 N–H and O–H groups in total. The minimum absolute atomic E-state index is 0.113. The molecule has 0 radical (unpaired) electrons. The summed E-state index contributed by atoms with van der Waals surface area (Å²) in [6.45, 7) is 7.87. The van der Waals surface area contributed by atoms with Gasteiger partial charge in [0.2, 0.25) is 5.91 Å². The normalized spacial score (nSPS) is 11.3. The van der Waals surface area contributed by atoms with Gasteiger partial charge in [0, 0.05) is 6.04 Å². The average molecular weight is 256 g/mol. The fraction of sp³-hybridized carbons (Fsp3) is 0.846. The first kappa shape index (κ1) is 16.3. The van der Waals surface area contributed by atoms with Gasteiger partial charge >= 0.3 is 0 Å². The Morgan fingerprint density at radius 3 is 2.59 bits per heavy atom. The van der Waals surface area contributed by atoms with Crippen molar-refractivity contribution in [3.8, 4) is 6.07 Å². The Bertz CT molecular complexity index is 269. The van der Waals surface area contributed by atoms with Crippen LogP contribution in [-0.2, 0) is 4.79 Å². The second-order valence-electron chi connectivity index (χ2n) is 5.23. The lowest BCUT2D eigenvalue weighted by Crippen LogP contribution is -2.31. The first-order chi connectivity index (χ1) is 7.87. The summed E-state index contributed by atoms with van der Waals surface area (Å²) in [5.41, 5.74) is -0.209. The summed E-state index contributed by atoms with van der Waals surface area (Å²) in [6, 6.07) is 2.52. The van der Waals surface area contributed by atoms with Gasteiger partial charge in [0.25, 0.3) is 0 Å². The first-order valence-corrected chi connectivity index (χ1v) is 7.31. The van der Waals surface area contributed by atoms with E-state index in [0.29, 0.717) is 5.75 Å². The number of unbranched alkanes of at least 4 members (excludes halogenated alkanes) is 1. The summed E-state index contributed by atoms with van der Waals surface area (Å²) < 4.78 is 0. The Labute approximate surface area is 109 Å². The van der Waals surface area contributed by atoms with E-state index < -0.39 is 0 Å². The van der Waals surface area contributed by atoms with Crippen molar-refractivity contribution in [1.82, 2.24) is 5.32 Å². The van der Waals surface area contributed by atoms with Crippen LogP contribution in [-0.4, -0.2) is 23.5 Å². The third kappa shape index (κ3) is 10.2. The molecule has 0 aliphatic heterocycles. The monoisotopic (exact) mass is 256 g/mol. The number of thioether (sulfide) groups is 1. The van der Waals surface area contributed by atoms with Gasteiger partial charge in [-0.2, -0.15) is 17.0 Å². The van der Waals surface area contributed by atoms with Crippen molar-refractivity contribution in [2.75, 3.05) is 11.5 Å². The van der Waals surface area contributed by atoms with Crippen molar-refractivity contribution >= 4 is 17.7 Å². The maximum atomic E-state index is 11.3. The molecular weight excluding hydrogens is 232 g/mol. The molecule has 4 heteroatoms. The molecule has 0 aliphatic rings. The van der Waals surface area contributed by atoms with Crippen LogP contribution in [0.5, 0.6) is 0 Å². The smallest absolute Gasteiger partial charge is 0.230 e. The van der Waals surface area contributed by atoms with Gasteiger partial charge in [-0.25, -0.2) is 0 Å². The van der Waals surface area contributed by atoms with Crippen molar-refractivity contribution in [2.45, 2.75) is 53.0 Å². The average Bonchev–Trinajstić information content (AvgIpc) is 2.22. The quantitative estimate of drug-likeness (QED) is 0.679. The predicted molar refractivity (Wildman–Crippen MR) is 73.8 cm³/mol. The Morgan fingerprint density at radius 2 is 2.06 bits per heavy atom. The summed E-state index contributed by atoms with van der Waals surface area (Å²) in [5, 5.41) is 11.7. The maximum Gasteiger partial charge on any atom is 0.230 e. The van der Waals surface area contributed by atoms with Gasteiger partial charge in [0.05, 0.1) is 17.2 Å². The molecule has 0 aromatic heterocycles. The van der Waals surface area contributed by atoms with Crippen LogP contribution in [0.25, 0.3) is 0 Å². The van der Waals surface area contributed by atoms with E-state index in [2.05, 4.69) is 11.4 Å². The van der Waals surface area contributed by atoms with E-state index in [1.54, 1.807) is 11.8 Å². The van der Waals surface area contributed by atoms with Crippen LogP contribution >= 0.6 is 11.8 Å². The Balaban J connectivity index is 3.42. The zero-order valence-corrected chi connectivity index (χ0v) is 12.2. The number of nitrogens with one attached hydrogen (secondary N) is 1. The van der Waals surface area contributed by atoms with Crippen molar-refractivity contribution in [3.05, 3.63) is 0 Å². The molecule has 0 rings (SSSR count). The molecule has 0 heterocycles. The lowest BCUT2D eigenvalue weighted by molar-refractivity contribution is -0.119. The minimum atomic E-state index is -0.209. The zero-order valence-electron chi connectivity index (χ0n) is 11.4. The predicted octanol–water partition coefficient (Wildman–Crippen LogP) is 2.96. The second kappa shape index (κ2) is 8.41. The van der Waals surface area contributed by atoms with E-state index in [0.717, 1.165) is 25.0 Å². The molecule has 3 nitrogen and oxygen atoms in total. The number of nitrogens with zero attached hydrogens (tertiary/aromatic N) is 1. The molecular formula is C13H24N2OS. The van der Waals surface area contributed by atoms with Crippen LogP contribution in [0.4, 0.5) is 0 Å². The highest BCUT2D eigenvalue weighted by Gasteiger charge is 2.15. The maximum absolute atomic E-state index is 11.3. The van der Waals surface area contributed by atoms with Gasteiger partial charge in [-0.05, 0) is 46.3 Å². The van der Waals surface area contributed by atoms with Crippen molar-refractivity contribution < 1.29 is 4.79 Å². The second-order valence-corrected chi connectivity index (χ2v) is 6.33. The summed E-state index contributed by atoms with van der Waals surface area (Å²) in [7, 11) is 0. The molecule has 17 heavy (non-hydrogen) atoms. The fourth-order valence-electron chi connectivity index (χ4n) is 1.36. The molecule has 0 saturated carbocycles. The molecule has 0 aromatic rings. The topological polar surface area (TPSA) is 52.9 Å². The summed E-state index contributed by atoms with van der Waals surface area (Å²) in [4.78, 5) is 11.3. The van der Waals surface area contributed by atoms with Gasteiger partial charge < -0.3 is 5.32 Å². The molecule has 0 atom stereocenters. The number of nitriles is 1. The molecule has 0 unspecified atom stereocenters. The van der Waals surface area contributed by atoms with Gasteiger partial charge in [-0.1, -0.05) is 6.42 Å². The lowest BCUT2D eigenvalue weighted by atomic mass is 9.89. The standard InChI is InChI=1S/C13H24N2OS/c1-11(2)15-12(16)9-17-8-6-5-7-13(3,4)10-14/h11H,5-9H2,1-4H3,(H,15,16). The van der Waals surface area contributed by atoms with Crippen LogP contribution < -0.4 is 5.32 Å². The van der Waals surface area contributed by atoms with Gasteiger partial charge in [0.15, 0.2) is 0 Å². The third-order valence-corrected chi connectivity index (χ3v) is 3.37. The lowest BCUT2D eigenvalue weighted by Gasteiger charge is -2.14. The van der Waals surface area contributed by atoms with E-state index >= 15 is 0 Å². The van der Waals surface area contributed by atoms with E-state index in [1.807, 2.05) is 27.7 Å². The highest BCUT2D eigenvalue weighted by molar-refractivity contribution is 7.99. The first-order valence-electron chi connectivity index (χ1n) is 6.16. The zero-order chi connectivity index (χ0) is 13.3. The largest absolute Gasteiger partial charge is 0.353 e. The molecule has 0 saturated heterocycles. The van der Waals surface area contributed by atoms with Gasteiger partial charge in [-0.15, -0.1) is 0 Å². The number of carbonyl (C=O) groups is 1. The Kier molecular flexibility index (Phi) is 8.07. The molecule has 1 amide bonds. The minimum Gasteiger partial charge on any atom is -0.353 e. The van der Waals surface area contributed by atoms with Gasteiger partial charge in [-0.3, -0.25) is 4.79 Å². The summed E-state index contributed by atoms with van der Waals surface area (Å²) in [6.07, 6.45) is 3.06. The van der Waals surface area contributed by atoms with Crippen LogP contribution in [0.3, 0.4) is 0 Å². The van der Waals surface area contributed by atoms with Crippen LogP contribution in [0.2, 0.25) is 0 Å². The molecule has 0 aliphatic carbocycles. The van der Waals surface area contributed by atoms with Crippen LogP contribution in [0, 0.1) is 16.7 Å². The highest BCUT2D eigenvalue weighted by Crippen LogP contribution is 2.22. The summed E-state index contributed by atoms with van der Waals surface area (Å²) in [5.74, 6) is 1.65. The van der Waals surface area contributed by atoms with Crippen LogP contribution in [0.15, 0.2) is 0 Å². The molecule has 98 valence electrons. The number of carbonyl (C=O) groups excluding carboxylic acids is 1.